The van der Waals surface area contributed by atoms with Crippen molar-refractivity contribution in [1.82, 2.24) is 15.5 Å². The van der Waals surface area contributed by atoms with E-state index in [-0.39, 0.29) is 43.2 Å². The Morgan fingerprint density at radius 1 is 1.13 bits per heavy atom. The van der Waals surface area contributed by atoms with Crippen LogP contribution in [0.25, 0.3) is 0 Å². The number of nitrogens with zero attached hydrogens (tertiary/aromatic N) is 1. The number of carbonyl (C=O) groups excluding carboxylic acids is 3. The summed E-state index contributed by atoms with van der Waals surface area (Å²) in [5.41, 5.74) is -1.56. The van der Waals surface area contributed by atoms with Gasteiger partial charge in [-0.2, -0.15) is 0 Å². The smallest absolute Gasteiger partial charge is 0.410 e. The molecule has 0 radical (unpaired) electrons. The van der Waals surface area contributed by atoms with Crippen molar-refractivity contribution in [3.8, 4) is 0 Å². The van der Waals surface area contributed by atoms with Crippen molar-refractivity contribution in [3.05, 3.63) is 12.2 Å². The Morgan fingerprint density at radius 2 is 1.87 bits per heavy atom. The van der Waals surface area contributed by atoms with Crippen molar-refractivity contribution in [2.45, 2.75) is 90.3 Å². The predicted molar refractivity (Wildman–Crippen MR) is 122 cm³/mol. The van der Waals surface area contributed by atoms with E-state index in [1.807, 2.05) is 46.8 Å². The average molecular weight is 436 g/mol. The third-order valence-corrected chi connectivity index (χ3v) is 6.35. The summed E-state index contributed by atoms with van der Waals surface area (Å²) in [6.45, 7) is 10.8. The fourth-order valence-corrected chi connectivity index (χ4v) is 4.64. The van der Waals surface area contributed by atoms with Crippen LogP contribution in [0.5, 0.6) is 0 Å². The van der Waals surface area contributed by atoms with Crippen LogP contribution in [0.2, 0.25) is 0 Å². The number of amides is 1. The molecule has 2 atom stereocenters. The highest BCUT2D eigenvalue weighted by Crippen LogP contribution is 2.27. The van der Waals surface area contributed by atoms with E-state index in [0.29, 0.717) is 13.0 Å². The summed E-state index contributed by atoms with van der Waals surface area (Å²) < 4.78 is 5.36. The number of hydrogen-bond donors (Lipinski definition) is 2. The topological polar surface area (TPSA) is 87.7 Å². The van der Waals surface area contributed by atoms with Gasteiger partial charge < -0.3 is 15.0 Å². The molecule has 31 heavy (non-hydrogen) atoms. The highest BCUT2D eigenvalue weighted by atomic mass is 16.6. The standard InChI is InChI=1S/C24H41N3O4/c1-18(2)21(29)24-13-14-27(17-24)22(30)31-15-11-9-7-6-8-10-12-23(5,26-19(3)4)20(28)16-25-24/h9,11,18-19,25-26H,6-8,10,12-17H2,1-5H3/t23-,24-/m0/s1. The fraction of sp³-hybridized carbons (Fsp3) is 0.792. The maximum atomic E-state index is 13.3. The molecular weight excluding hydrogens is 394 g/mol. The number of ether oxygens (including phenoxy) is 1. The van der Waals surface area contributed by atoms with Gasteiger partial charge in [0.25, 0.3) is 0 Å². The molecule has 2 heterocycles. The van der Waals surface area contributed by atoms with Crippen molar-refractivity contribution in [1.29, 1.82) is 0 Å². The first-order valence-electron chi connectivity index (χ1n) is 11.8. The summed E-state index contributed by atoms with van der Waals surface area (Å²) in [5.74, 6) is -0.106. The van der Waals surface area contributed by atoms with Gasteiger partial charge in [0.1, 0.15) is 6.61 Å². The fourth-order valence-electron chi connectivity index (χ4n) is 4.64. The quantitative estimate of drug-likeness (QED) is 0.659. The van der Waals surface area contributed by atoms with Gasteiger partial charge in [-0.25, -0.2) is 4.79 Å². The number of rotatable bonds is 4. The minimum Gasteiger partial charge on any atom is -0.445 e. The van der Waals surface area contributed by atoms with E-state index in [0.717, 1.165) is 32.1 Å². The predicted octanol–water partition coefficient (Wildman–Crippen LogP) is 3.23. The molecule has 7 heteroatoms. The van der Waals surface area contributed by atoms with Gasteiger partial charge in [0.05, 0.1) is 17.6 Å². The van der Waals surface area contributed by atoms with Gasteiger partial charge >= 0.3 is 6.09 Å². The first-order chi connectivity index (χ1) is 14.6. The van der Waals surface area contributed by atoms with Crippen LogP contribution in [-0.2, 0) is 14.3 Å². The number of Topliss-reactive ketones (excluding diaryl/α,β-unsaturated/α-hetero) is 2. The third-order valence-electron chi connectivity index (χ3n) is 6.35. The highest BCUT2D eigenvalue weighted by Gasteiger charge is 2.47. The Hall–Kier alpha value is -1.73. The highest BCUT2D eigenvalue weighted by molar-refractivity contribution is 5.94. The Kier molecular flexibility index (Phi) is 9.25. The molecule has 1 saturated heterocycles. The maximum absolute atomic E-state index is 13.3. The molecule has 0 unspecified atom stereocenters. The zero-order chi connectivity index (χ0) is 23.1. The summed E-state index contributed by atoms with van der Waals surface area (Å²) in [5, 5.41) is 6.76. The molecule has 2 rings (SSSR count). The van der Waals surface area contributed by atoms with Crippen molar-refractivity contribution < 1.29 is 19.1 Å². The summed E-state index contributed by atoms with van der Waals surface area (Å²) >= 11 is 0. The molecule has 7 nitrogen and oxygen atoms in total. The molecule has 0 aliphatic carbocycles. The monoisotopic (exact) mass is 435 g/mol. The number of cyclic esters (lactones) is 1. The first-order valence-corrected chi connectivity index (χ1v) is 11.8. The minimum atomic E-state index is -0.911. The van der Waals surface area contributed by atoms with Crippen LogP contribution >= 0.6 is 0 Å². The number of hydrogen-bond acceptors (Lipinski definition) is 6. The van der Waals surface area contributed by atoms with Gasteiger partial charge in [-0.05, 0) is 46.5 Å². The van der Waals surface area contributed by atoms with Gasteiger partial charge in [0.2, 0.25) is 0 Å². The second-order valence-corrected chi connectivity index (χ2v) is 9.83. The normalized spacial score (nSPS) is 29.3. The Bertz CT molecular complexity index is 676. The molecule has 1 fully saturated rings. The van der Waals surface area contributed by atoms with Crippen molar-refractivity contribution in [3.63, 3.8) is 0 Å². The Labute approximate surface area is 187 Å². The molecule has 1 amide bonds. The maximum Gasteiger partial charge on any atom is 0.410 e. The number of carbonyl (C=O) groups is 3. The van der Waals surface area contributed by atoms with Crippen molar-refractivity contribution >= 4 is 17.7 Å². The summed E-state index contributed by atoms with van der Waals surface area (Å²) in [6.07, 6.45) is 8.70. The largest absolute Gasteiger partial charge is 0.445 e. The van der Waals surface area contributed by atoms with E-state index in [1.165, 1.54) is 0 Å². The molecule has 0 aromatic heterocycles. The van der Waals surface area contributed by atoms with Gasteiger partial charge in [0.15, 0.2) is 11.6 Å². The van der Waals surface area contributed by atoms with Crippen LogP contribution in [0, 0.1) is 5.92 Å². The van der Waals surface area contributed by atoms with Crippen LogP contribution in [-0.4, -0.2) is 65.9 Å². The van der Waals surface area contributed by atoms with Gasteiger partial charge in [-0.3, -0.25) is 14.9 Å². The van der Waals surface area contributed by atoms with Gasteiger partial charge in [0, 0.05) is 25.0 Å². The molecule has 2 N–H and O–H groups in total. The molecule has 0 spiro atoms. The second-order valence-electron chi connectivity index (χ2n) is 9.83. The van der Waals surface area contributed by atoms with Crippen molar-refractivity contribution in [2.24, 2.45) is 5.92 Å². The molecule has 2 aliphatic heterocycles. The van der Waals surface area contributed by atoms with E-state index in [1.54, 1.807) is 4.90 Å². The lowest BCUT2D eigenvalue weighted by molar-refractivity contribution is -0.129. The van der Waals surface area contributed by atoms with Crippen LogP contribution in [0.3, 0.4) is 0 Å². The summed E-state index contributed by atoms with van der Waals surface area (Å²) in [7, 11) is 0. The molecule has 176 valence electrons. The number of nitrogens with one attached hydrogen (secondary N) is 2. The van der Waals surface area contributed by atoms with Crippen LogP contribution < -0.4 is 10.6 Å². The average Bonchev–Trinajstić information content (AvgIpc) is 3.14. The Balaban J connectivity index is 2.26. The van der Waals surface area contributed by atoms with E-state index < -0.39 is 17.2 Å². The summed E-state index contributed by atoms with van der Waals surface area (Å²) in [6, 6.07) is 0.175. The van der Waals surface area contributed by atoms with E-state index in [4.69, 9.17) is 4.74 Å². The third kappa shape index (κ3) is 6.88. The molecule has 0 saturated carbocycles. The Morgan fingerprint density at radius 3 is 2.55 bits per heavy atom. The van der Waals surface area contributed by atoms with E-state index in [9.17, 15) is 14.4 Å². The van der Waals surface area contributed by atoms with Crippen LogP contribution in [0.4, 0.5) is 4.79 Å². The second kappa shape index (κ2) is 11.2. The zero-order valence-electron chi connectivity index (χ0n) is 20.0. The molecule has 2 bridgehead atoms. The first kappa shape index (κ1) is 25.5. The molecule has 0 aromatic carbocycles. The zero-order valence-corrected chi connectivity index (χ0v) is 20.0. The van der Waals surface area contributed by atoms with Gasteiger partial charge in [-0.1, -0.05) is 38.8 Å². The number of allylic oxidation sites excluding steroid dienone is 1. The van der Waals surface area contributed by atoms with Crippen LogP contribution in [0.15, 0.2) is 12.2 Å². The lowest BCUT2D eigenvalue weighted by atomic mass is 9.84. The SMILES string of the molecule is CC(C)N[C@@]1(C)CCCCCC=CCOC(=O)N2CC[C@@](C(=O)C(C)C)(C2)NCC1=O. The lowest BCUT2D eigenvalue weighted by Gasteiger charge is -2.35. The van der Waals surface area contributed by atoms with Crippen molar-refractivity contribution in [2.75, 3.05) is 26.2 Å². The molecule has 0 aromatic rings. The number of fused-ring (bicyclic) bond motifs is 2. The molecule has 2 aliphatic rings. The van der Waals surface area contributed by atoms with E-state index in [2.05, 4.69) is 10.6 Å². The minimum absolute atomic E-state index is 0.0342. The lowest BCUT2D eigenvalue weighted by Crippen LogP contribution is -2.61. The summed E-state index contributed by atoms with van der Waals surface area (Å²) in [4.78, 5) is 40.6. The van der Waals surface area contributed by atoms with Crippen LogP contribution in [0.1, 0.15) is 73.1 Å². The molecular formula is C24H41N3O4. The van der Waals surface area contributed by atoms with E-state index >= 15 is 0 Å². The van der Waals surface area contributed by atoms with Gasteiger partial charge in [-0.15, -0.1) is 0 Å². The number of ketones is 2.